The Kier molecular flexibility index (Phi) is 5.13. The summed E-state index contributed by atoms with van der Waals surface area (Å²) < 4.78 is 0. The van der Waals surface area contributed by atoms with Crippen LogP contribution < -0.4 is 10.9 Å². The van der Waals surface area contributed by atoms with Gasteiger partial charge in [-0.3, -0.25) is 19.7 Å². The Labute approximate surface area is 131 Å². The Morgan fingerprint density at radius 3 is 2.91 bits per heavy atom. The van der Waals surface area contributed by atoms with E-state index in [0.29, 0.717) is 12.1 Å². The number of hydrogen-bond donors (Lipinski definition) is 2. The van der Waals surface area contributed by atoms with E-state index in [1.807, 2.05) is 0 Å². The summed E-state index contributed by atoms with van der Waals surface area (Å²) in [5.74, 6) is -1.01. The molecule has 0 aliphatic carbocycles. The van der Waals surface area contributed by atoms with Crippen molar-refractivity contribution in [2.24, 2.45) is 16.1 Å². The van der Waals surface area contributed by atoms with E-state index in [4.69, 9.17) is 0 Å². The van der Waals surface area contributed by atoms with Crippen LogP contribution >= 0.6 is 0 Å². The number of benzene rings is 1. The first-order valence-corrected chi connectivity index (χ1v) is 6.88. The van der Waals surface area contributed by atoms with Gasteiger partial charge in [-0.05, 0) is 19.4 Å². The molecule has 9 nitrogen and oxygen atoms in total. The summed E-state index contributed by atoms with van der Waals surface area (Å²) >= 11 is 0. The molecular weight excluding hydrogens is 302 g/mol. The predicted octanol–water partition coefficient (Wildman–Crippen LogP) is 0.947. The number of para-hydroxylation sites is 1. The fraction of sp³-hybridized carbons (Fsp3) is 0.286. The third-order valence-corrected chi connectivity index (χ3v) is 3.35. The number of carbonyl (C=O) groups excluding carboxylic acids is 2. The van der Waals surface area contributed by atoms with Crippen molar-refractivity contribution in [3.8, 4) is 0 Å². The normalized spacial score (nSPS) is 17.0. The van der Waals surface area contributed by atoms with Gasteiger partial charge in [-0.15, -0.1) is 0 Å². The Morgan fingerprint density at radius 2 is 2.26 bits per heavy atom. The minimum absolute atomic E-state index is 0.0964. The van der Waals surface area contributed by atoms with E-state index in [9.17, 15) is 19.7 Å². The smallest absolute Gasteiger partial charge is 0.273 e. The molecule has 2 amide bonds. The lowest BCUT2D eigenvalue weighted by atomic mass is 9.99. The molecular formula is C14H15N5O4. The first-order valence-electron chi connectivity index (χ1n) is 6.88. The van der Waals surface area contributed by atoms with Crippen LogP contribution in [0, 0.1) is 16.0 Å². The fourth-order valence-corrected chi connectivity index (χ4v) is 2.10. The lowest BCUT2D eigenvalue weighted by molar-refractivity contribution is -0.385. The van der Waals surface area contributed by atoms with E-state index >= 15 is 0 Å². The number of amides is 2. The maximum atomic E-state index is 11.7. The van der Waals surface area contributed by atoms with Crippen molar-refractivity contribution >= 4 is 29.4 Å². The molecule has 0 fully saturated rings. The van der Waals surface area contributed by atoms with Gasteiger partial charge in [0.05, 0.1) is 22.6 Å². The molecule has 120 valence electrons. The predicted molar refractivity (Wildman–Crippen MR) is 82.8 cm³/mol. The molecule has 1 aromatic carbocycles. The Bertz CT molecular complexity index is 698. The first kappa shape index (κ1) is 16.3. The molecule has 0 bridgehead atoms. The van der Waals surface area contributed by atoms with Gasteiger partial charge in [0.1, 0.15) is 0 Å². The average Bonchev–Trinajstić information content (AvgIpc) is 2.84. The van der Waals surface area contributed by atoms with Crippen molar-refractivity contribution in [1.29, 1.82) is 0 Å². The summed E-state index contributed by atoms with van der Waals surface area (Å²) in [6, 6.07) is 6.06. The molecule has 1 heterocycles. The second-order valence-electron chi connectivity index (χ2n) is 4.93. The van der Waals surface area contributed by atoms with Crippen LogP contribution in [-0.2, 0) is 9.59 Å². The van der Waals surface area contributed by atoms with Gasteiger partial charge < -0.3 is 0 Å². The molecule has 0 saturated heterocycles. The quantitative estimate of drug-likeness (QED) is 0.460. The maximum Gasteiger partial charge on any atom is 0.278 e. The van der Waals surface area contributed by atoms with Crippen LogP contribution in [0.4, 0.5) is 5.69 Å². The van der Waals surface area contributed by atoms with Crippen molar-refractivity contribution in [2.45, 2.75) is 19.8 Å². The summed E-state index contributed by atoms with van der Waals surface area (Å²) in [6.07, 6.45) is 1.64. The Hall–Kier alpha value is -3.10. The largest absolute Gasteiger partial charge is 0.278 e. The minimum Gasteiger partial charge on any atom is -0.273 e. The number of carbonyl (C=O) groups is 2. The number of nitrogens with zero attached hydrogens (tertiary/aromatic N) is 3. The van der Waals surface area contributed by atoms with Gasteiger partial charge in [0.25, 0.3) is 5.69 Å². The summed E-state index contributed by atoms with van der Waals surface area (Å²) in [4.78, 5) is 33.5. The van der Waals surface area contributed by atoms with Crippen molar-refractivity contribution in [2.75, 3.05) is 0 Å². The van der Waals surface area contributed by atoms with Crippen LogP contribution in [0.3, 0.4) is 0 Å². The molecule has 1 aliphatic heterocycles. The minimum atomic E-state index is -0.524. The van der Waals surface area contributed by atoms with Crippen LogP contribution in [0.25, 0.3) is 0 Å². The van der Waals surface area contributed by atoms with Gasteiger partial charge in [-0.1, -0.05) is 12.1 Å². The molecule has 23 heavy (non-hydrogen) atoms. The molecule has 0 aromatic heterocycles. The molecule has 1 aliphatic rings. The maximum absolute atomic E-state index is 11.7. The standard InChI is InChI=1S/C14H15N5O4/c1-9-11(14(21)18-16-9)6-7-13(20)17-15-8-10-4-2-3-5-12(10)19(22)23/h2-5,8,11H,6-7H2,1H3,(H,17,20)(H,18,21)/b15-8+/t11-/m0/s1. The van der Waals surface area contributed by atoms with Gasteiger partial charge >= 0.3 is 0 Å². The average molecular weight is 317 g/mol. The lowest BCUT2D eigenvalue weighted by Gasteiger charge is -2.06. The second kappa shape index (κ2) is 7.25. The van der Waals surface area contributed by atoms with Crippen molar-refractivity contribution < 1.29 is 14.5 Å². The molecule has 0 radical (unpaired) electrons. The van der Waals surface area contributed by atoms with E-state index in [1.165, 1.54) is 18.3 Å². The third kappa shape index (κ3) is 4.19. The van der Waals surface area contributed by atoms with Crippen molar-refractivity contribution in [3.05, 3.63) is 39.9 Å². The molecule has 0 spiro atoms. The Morgan fingerprint density at radius 1 is 1.52 bits per heavy atom. The zero-order valence-corrected chi connectivity index (χ0v) is 12.4. The summed E-state index contributed by atoms with van der Waals surface area (Å²) in [5.41, 5.74) is 5.47. The van der Waals surface area contributed by atoms with Crippen LogP contribution in [0.2, 0.25) is 0 Å². The van der Waals surface area contributed by atoms with Gasteiger partial charge in [0.2, 0.25) is 11.8 Å². The molecule has 9 heteroatoms. The highest BCUT2D eigenvalue weighted by molar-refractivity contribution is 6.07. The van der Waals surface area contributed by atoms with E-state index in [2.05, 4.69) is 21.1 Å². The topological polar surface area (TPSA) is 126 Å². The first-order chi connectivity index (χ1) is 11.0. The number of nitro benzene ring substituents is 1. The molecule has 1 aromatic rings. The molecule has 2 rings (SSSR count). The monoisotopic (exact) mass is 317 g/mol. The van der Waals surface area contributed by atoms with Gasteiger partial charge in [-0.25, -0.2) is 10.9 Å². The number of nitro groups is 1. The fourth-order valence-electron chi connectivity index (χ4n) is 2.10. The zero-order valence-electron chi connectivity index (χ0n) is 12.4. The van der Waals surface area contributed by atoms with Crippen LogP contribution in [0.15, 0.2) is 34.5 Å². The molecule has 1 atom stereocenters. The van der Waals surface area contributed by atoms with Crippen LogP contribution in [0.5, 0.6) is 0 Å². The summed E-state index contributed by atoms with van der Waals surface area (Å²) in [5, 5.41) is 18.3. The zero-order chi connectivity index (χ0) is 16.8. The second-order valence-corrected chi connectivity index (χ2v) is 4.93. The number of nitrogens with one attached hydrogen (secondary N) is 2. The van der Waals surface area contributed by atoms with Crippen LogP contribution in [0.1, 0.15) is 25.3 Å². The third-order valence-electron chi connectivity index (χ3n) is 3.35. The highest BCUT2D eigenvalue weighted by Crippen LogP contribution is 2.15. The highest BCUT2D eigenvalue weighted by Gasteiger charge is 2.26. The van der Waals surface area contributed by atoms with Crippen molar-refractivity contribution in [1.82, 2.24) is 10.9 Å². The van der Waals surface area contributed by atoms with Gasteiger partial charge in [0.15, 0.2) is 0 Å². The molecule has 0 saturated carbocycles. The van der Waals surface area contributed by atoms with Crippen molar-refractivity contribution in [3.63, 3.8) is 0 Å². The summed E-state index contributed by atoms with van der Waals surface area (Å²) in [7, 11) is 0. The lowest BCUT2D eigenvalue weighted by Crippen LogP contribution is -2.25. The molecule has 0 unspecified atom stereocenters. The summed E-state index contributed by atoms with van der Waals surface area (Å²) in [6.45, 7) is 1.72. The number of hydrazone groups is 2. The van der Waals surface area contributed by atoms with E-state index in [1.54, 1.807) is 19.1 Å². The number of hydrogen-bond acceptors (Lipinski definition) is 6. The van der Waals surface area contributed by atoms with E-state index < -0.39 is 10.8 Å². The van der Waals surface area contributed by atoms with E-state index in [0.717, 1.165) is 0 Å². The Balaban J connectivity index is 1.86. The number of rotatable bonds is 6. The van der Waals surface area contributed by atoms with Gasteiger partial charge in [0, 0.05) is 18.2 Å². The highest BCUT2D eigenvalue weighted by atomic mass is 16.6. The van der Waals surface area contributed by atoms with Gasteiger partial charge in [-0.2, -0.15) is 10.2 Å². The van der Waals surface area contributed by atoms with Crippen LogP contribution in [-0.4, -0.2) is 28.7 Å². The molecule has 2 N–H and O–H groups in total. The SMILES string of the molecule is CC1=NNC(=O)[C@H]1CCC(=O)N/N=C/c1ccccc1[N+](=O)[O-]. The van der Waals surface area contributed by atoms with E-state index in [-0.39, 0.29) is 29.5 Å².